The summed E-state index contributed by atoms with van der Waals surface area (Å²) in [6.07, 6.45) is 5.74. The predicted octanol–water partition coefficient (Wildman–Crippen LogP) is 0.253. The Balaban J connectivity index is 2.00. The molecule has 1 aliphatic rings. The molecule has 2 rings (SSSR count). The van der Waals surface area contributed by atoms with E-state index in [1.54, 1.807) is 4.68 Å². The van der Waals surface area contributed by atoms with Gasteiger partial charge in [0.2, 0.25) is 10.0 Å². The van der Waals surface area contributed by atoms with E-state index in [1.807, 2.05) is 0 Å². The fourth-order valence-electron chi connectivity index (χ4n) is 2.32. The van der Waals surface area contributed by atoms with E-state index in [2.05, 4.69) is 5.10 Å². The molecule has 1 atom stereocenters. The van der Waals surface area contributed by atoms with Crippen LogP contribution in [0.4, 0.5) is 0 Å². The first-order chi connectivity index (χ1) is 8.86. The maximum atomic E-state index is 11.5. The Morgan fingerprint density at radius 2 is 2.32 bits per heavy atom. The zero-order valence-electron chi connectivity index (χ0n) is 10.7. The Morgan fingerprint density at radius 3 is 2.89 bits per heavy atom. The van der Waals surface area contributed by atoms with Crippen LogP contribution in [0.1, 0.15) is 23.2 Å². The molecule has 1 aromatic rings. The van der Waals surface area contributed by atoms with Gasteiger partial charge in [-0.3, -0.25) is 4.68 Å². The van der Waals surface area contributed by atoms with E-state index in [9.17, 15) is 13.2 Å². The molecule has 1 unspecified atom stereocenters. The fraction of sp³-hybridized carbons (Fsp3) is 0.636. The molecule has 0 amide bonds. The van der Waals surface area contributed by atoms with Crippen LogP contribution in [0.25, 0.3) is 0 Å². The zero-order valence-corrected chi connectivity index (χ0v) is 11.5. The number of carboxylic acids is 1. The first kappa shape index (κ1) is 14.0. The summed E-state index contributed by atoms with van der Waals surface area (Å²) in [6.45, 7) is 1.58. The summed E-state index contributed by atoms with van der Waals surface area (Å²) in [5.74, 6) is -0.835. The van der Waals surface area contributed by atoms with Gasteiger partial charge in [-0.1, -0.05) is 0 Å². The quantitative estimate of drug-likeness (QED) is 0.857. The zero-order chi connectivity index (χ0) is 14.0. The van der Waals surface area contributed by atoms with Crippen molar-refractivity contribution in [1.29, 1.82) is 0 Å². The minimum atomic E-state index is -3.15. The monoisotopic (exact) mass is 287 g/mol. The number of nitrogens with zero attached hydrogens (tertiary/aromatic N) is 3. The SMILES string of the molecule is CS(=O)(=O)N1CCCC(Cn2cc(C(=O)O)cn2)C1. The van der Waals surface area contributed by atoms with Crippen LogP contribution in [0.15, 0.2) is 12.4 Å². The molecule has 0 saturated carbocycles. The fourth-order valence-corrected chi connectivity index (χ4v) is 3.26. The molecule has 1 aliphatic heterocycles. The van der Waals surface area contributed by atoms with Crippen LogP contribution in [0.3, 0.4) is 0 Å². The summed E-state index contributed by atoms with van der Waals surface area (Å²) in [5, 5.41) is 12.8. The third-order valence-corrected chi connectivity index (χ3v) is 4.55. The number of aromatic nitrogens is 2. The lowest BCUT2D eigenvalue weighted by molar-refractivity contribution is 0.0696. The molecule has 0 aromatic carbocycles. The maximum absolute atomic E-state index is 11.5. The van der Waals surface area contributed by atoms with E-state index < -0.39 is 16.0 Å². The Morgan fingerprint density at radius 1 is 1.58 bits per heavy atom. The smallest absolute Gasteiger partial charge is 0.338 e. The van der Waals surface area contributed by atoms with Gasteiger partial charge in [-0.25, -0.2) is 17.5 Å². The Hall–Kier alpha value is -1.41. The normalized spacial score (nSPS) is 21.4. The molecule has 2 heterocycles. The molecule has 1 aromatic heterocycles. The van der Waals surface area contributed by atoms with Crippen molar-refractivity contribution in [2.45, 2.75) is 19.4 Å². The Labute approximate surface area is 111 Å². The second-order valence-electron chi connectivity index (χ2n) is 4.89. The van der Waals surface area contributed by atoms with Gasteiger partial charge in [-0.15, -0.1) is 0 Å². The molecule has 0 bridgehead atoms. The van der Waals surface area contributed by atoms with Crippen molar-refractivity contribution in [1.82, 2.24) is 14.1 Å². The molecule has 106 valence electrons. The predicted molar refractivity (Wildman–Crippen MR) is 68.3 cm³/mol. The van der Waals surface area contributed by atoms with Crippen LogP contribution in [-0.2, 0) is 16.6 Å². The summed E-state index contributed by atoms with van der Waals surface area (Å²) in [6, 6.07) is 0. The van der Waals surface area contributed by atoms with E-state index in [0.29, 0.717) is 19.6 Å². The number of sulfonamides is 1. The van der Waals surface area contributed by atoms with Crippen LogP contribution in [0.5, 0.6) is 0 Å². The van der Waals surface area contributed by atoms with Gasteiger partial charge in [0.25, 0.3) is 0 Å². The van der Waals surface area contributed by atoms with Gasteiger partial charge < -0.3 is 5.11 Å². The second kappa shape index (κ2) is 5.30. The number of carbonyl (C=O) groups is 1. The van der Waals surface area contributed by atoms with Gasteiger partial charge in [-0.05, 0) is 18.8 Å². The molecular weight excluding hydrogens is 270 g/mol. The van der Waals surface area contributed by atoms with E-state index in [1.165, 1.54) is 23.0 Å². The summed E-state index contributed by atoms with van der Waals surface area (Å²) >= 11 is 0. The summed E-state index contributed by atoms with van der Waals surface area (Å²) < 4.78 is 26.1. The molecule has 7 nitrogen and oxygen atoms in total. The number of hydrogen-bond acceptors (Lipinski definition) is 4. The van der Waals surface area contributed by atoms with Crippen LogP contribution in [0, 0.1) is 5.92 Å². The number of carboxylic acid groups (broad SMARTS) is 1. The number of hydrogen-bond donors (Lipinski definition) is 1. The Bertz CT molecular complexity index is 566. The van der Waals surface area contributed by atoms with Crippen LogP contribution in [0.2, 0.25) is 0 Å². The molecule has 1 fully saturated rings. The van der Waals surface area contributed by atoms with Crippen molar-refractivity contribution in [2.24, 2.45) is 5.92 Å². The lowest BCUT2D eigenvalue weighted by atomic mass is 10.00. The van der Waals surface area contributed by atoms with E-state index in [-0.39, 0.29) is 11.5 Å². The molecule has 0 spiro atoms. The largest absolute Gasteiger partial charge is 0.478 e. The first-order valence-electron chi connectivity index (χ1n) is 6.07. The highest BCUT2D eigenvalue weighted by Crippen LogP contribution is 2.20. The second-order valence-corrected chi connectivity index (χ2v) is 6.87. The van der Waals surface area contributed by atoms with Crippen molar-refractivity contribution in [2.75, 3.05) is 19.3 Å². The minimum absolute atomic E-state index is 0.149. The maximum Gasteiger partial charge on any atom is 0.338 e. The lowest BCUT2D eigenvalue weighted by Crippen LogP contribution is -2.40. The van der Waals surface area contributed by atoms with Gasteiger partial charge in [-0.2, -0.15) is 5.10 Å². The summed E-state index contributed by atoms with van der Waals surface area (Å²) in [7, 11) is -3.15. The highest BCUT2D eigenvalue weighted by molar-refractivity contribution is 7.88. The topological polar surface area (TPSA) is 92.5 Å². The molecule has 0 aliphatic carbocycles. The average Bonchev–Trinajstić information content (AvgIpc) is 2.77. The lowest BCUT2D eigenvalue weighted by Gasteiger charge is -2.30. The third-order valence-electron chi connectivity index (χ3n) is 3.28. The molecular formula is C11H17N3O4S. The van der Waals surface area contributed by atoms with Crippen molar-refractivity contribution >= 4 is 16.0 Å². The standard InChI is InChI=1S/C11H17N3O4S/c1-19(17,18)14-4-2-3-9(7-14)6-13-8-10(5-12-13)11(15)16/h5,8-9H,2-4,6-7H2,1H3,(H,15,16). The van der Waals surface area contributed by atoms with Gasteiger partial charge in [0.1, 0.15) is 0 Å². The van der Waals surface area contributed by atoms with Gasteiger partial charge in [0.15, 0.2) is 0 Å². The number of rotatable bonds is 4. The van der Waals surface area contributed by atoms with Gasteiger partial charge in [0.05, 0.1) is 18.0 Å². The summed E-state index contributed by atoms with van der Waals surface area (Å²) in [4.78, 5) is 10.7. The highest BCUT2D eigenvalue weighted by atomic mass is 32.2. The van der Waals surface area contributed by atoms with E-state index >= 15 is 0 Å². The van der Waals surface area contributed by atoms with Crippen molar-refractivity contribution in [3.63, 3.8) is 0 Å². The average molecular weight is 287 g/mol. The minimum Gasteiger partial charge on any atom is -0.478 e. The molecule has 1 saturated heterocycles. The summed E-state index contributed by atoms with van der Waals surface area (Å²) in [5.41, 5.74) is 0.149. The Kier molecular flexibility index (Phi) is 3.91. The van der Waals surface area contributed by atoms with Crippen LogP contribution in [-0.4, -0.2) is 52.9 Å². The third kappa shape index (κ3) is 3.54. The van der Waals surface area contributed by atoms with Crippen molar-refractivity contribution in [3.8, 4) is 0 Å². The number of aromatic carboxylic acids is 1. The highest BCUT2D eigenvalue weighted by Gasteiger charge is 2.26. The number of piperidine rings is 1. The molecule has 8 heteroatoms. The van der Waals surface area contributed by atoms with E-state index in [4.69, 9.17) is 5.11 Å². The molecule has 1 N–H and O–H groups in total. The molecule has 0 radical (unpaired) electrons. The molecule has 19 heavy (non-hydrogen) atoms. The van der Waals surface area contributed by atoms with Gasteiger partial charge >= 0.3 is 5.97 Å². The van der Waals surface area contributed by atoms with Gasteiger partial charge in [0, 0.05) is 25.8 Å². The van der Waals surface area contributed by atoms with Crippen molar-refractivity contribution < 1.29 is 18.3 Å². The first-order valence-corrected chi connectivity index (χ1v) is 7.92. The van der Waals surface area contributed by atoms with Crippen LogP contribution >= 0.6 is 0 Å². The van der Waals surface area contributed by atoms with Crippen molar-refractivity contribution in [3.05, 3.63) is 18.0 Å². The van der Waals surface area contributed by atoms with Crippen LogP contribution < -0.4 is 0 Å². The van der Waals surface area contributed by atoms with E-state index in [0.717, 1.165) is 12.8 Å².